The number of alkyl halides is 1. The molecule has 1 heterocycles. The van der Waals surface area contributed by atoms with Crippen molar-refractivity contribution in [3.05, 3.63) is 35.9 Å². The van der Waals surface area contributed by atoms with Crippen LogP contribution in [0, 0.1) is 0 Å². The Kier molecular flexibility index (Phi) is 6.48. The van der Waals surface area contributed by atoms with Crippen LogP contribution < -0.4 is 0 Å². The summed E-state index contributed by atoms with van der Waals surface area (Å²) in [6, 6.07) is 9.93. The van der Waals surface area contributed by atoms with E-state index in [1.165, 1.54) is 5.56 Å². The number of hydrogen-bond acceptors (Lipinski definition) is 4. The fourth-order valence-corrected chi connectivity index (χ4v) is 3.26. The highest BCUT2D eigenvalue weighted by Crippen LogP contribution is 2.24. The van der Waals surface area contributed by atoms with Gasteiger partial charge >= 0.3 is 12.2 Å². The molecule has 6 heteroatoms. The van der Waals surface area contributed by atoms with Gasteiger partial charge in [-0.2, -0.15) is 0 Å². The third-order valence-corrected chi connectivity index (χ3v) is 4.62. The standard InChI is InChI=1S/C16H20INO4/c1-2-21-15(19)18-13(11-17)10-14(22-16(18)20)9-8-12-6-4-3-5-7-12/h3-7,13-14H,2,8-11H2,1H3/t13-,14-/m1/s1. The van der Waals surface area contributed by atoms with Crippen molar-refractivity contribution < 1.29 is 19.1 Å². The van der Waals surface area contributed by atoms with Crippen LogP contribution in [0.15, 0.2) is 30.3 Å². The van der Waals surface area contributed by atoms with E-state index in [-0.39, 0.29) is 18.8 Å². The van der Waals surface area contributed by atoms with Gasteiger partial charge in [-0.05, 0) is 25.3 Å². The van der Waals surface area contributed by atoms with Crippen molar-refractivity contribution in [1.29, 1.82) is 0 Å². The lowest BCUT2D eigenvalue weighted by atomic mass is 10.0. The number of hydrogen-bond donors (Lipinski definition) is 0. The molecular weight excluding hydrogens is 397 g/mol. The van der Waals surface area contributed by atoms with Gasteiger partial charge in [0.15, 0.2) is 0 Å². The van der Waals surface area contributed by atoms with Gasteiger partial charge in [0.25, 0.3) is 0 Å². The molecule has 0 spiro atoms. The Morgan fingerprint density at radius 2 is 2.14 bits per heavy atom. The van der Waals surface area contributed by atoms with Crippen molar-refractivity contribution in [3.8, 4) is 0 Å². The van der Waals surface area contributed by atoms with E-state index in [1.807, 2.05) is 18.2 Å². The number of amides is 2. The lowest BCUT2D eigenvalue weighted by Gasteiger charge is -2.36. The number of aryl methyl sites for hydroxylation is 1. The van der Waals surface area contributed by atoms with Gasteiger partial charge in [0.1, 0.15) is 6.10 Å². The highest BCUT2D eigenvalue weighted by Gasteiger charge is 2.39. The Morgan fingerprint density at radius 3 is 2.77 bits per heavy atom. The monoisotopic (exact) mass is 417 g/mol. The summed E-state index contributed by atoms with van der Waals surface area (Å²) in [5, 5.41) is 0. The number of carbonyl (C=O) groups excluding carboxylic acids is 2. The molecule has 120 valence electrons. The Labute approximate surface area is 144 Å². The molecule has 1 aromatic carbocycles. The van der Waals surface area contributed by atoms with E-state index in [1.54, 1.807) is 6.92 Å². The quantitative estimate of drug-likeness (QED) is 0.541. The molecule has 2 rings (SSSR count). The van der Waals surface area contributed by atoms with Crippen LogP contribution in [0.4, 0.5) is 9.59 Å². The average Bonchev–Trinajstić information content (AvgIpc) is 2.53. The molecule has 0 saturated carbocycles. The first kappa shape index (κ1) is 17.1. The third-order valence-electron chi connectivity index (χ3n) is 3.60. The molecule has 22 heavy (non-hydrogen) atoms. The van der Waals surface area contributed by atoms with Gasteiger partial charge in [0.05, 0.1) is 12.6 Å². The summed E-state index contributed by atoms with van der Waals surface area (Å²) in [6.07, 6.45) is 0.907. The molecule has 0 aromatic heterocycles. The van der Waals surface area contributed by atoms with Crippen molar-refractivity contribution in [2.24, 2.45) is 0 Å². The molecule has 0 bridgehead atoms. The maximum absolute atomic E-state index is 12.1. The first-order valence-electron chi connectivity index (χ1n) is 7.42. The number of nitrogens with zero attached hydrogens (tertiary/aromatic N) is 1. The van der Waals surface area contributed by atoms with Crippen LogP contribution in [0.2, 0.25) is 0 Å². The third kappa shape index (κ3) is 4.34. The molecule has 1 fully saturated rings. The summed E-state index contributed by atoms with van der Waals surface area (Å²) < 4.78 is 11.0. The first-order chi connectivity index (χ1) is 10.7. The number of halogens is 1. The maximum Gasteiger partial charge on any atom is 0.419 e. The number of carbonyl (C=O) groups is 2. The minimum absolute atomic E-state index is 0.154. The predicted octanol–water partition coefficient (Wildman–Crippen LogP) is 3.79. The van der Waals surface area contributed by atoms with Crippen LogP contribution >= 0.6 is 22.6 Å². The van der Waals surface area contributed by atoms with Crippen molar-refractivity contribution in [1.82, 2.24) is 4.90 Å². The van der Waals surface area contributed by atoms with Gasteiger partial charge in [-0.3, -0.25) is 0 Å². The highest BCUT2D eigenvalue weighted by molar-refractivity contribution is 14.1. The van der Waals surface area contributed by atoms with Crippen molar-refractivity contribution in [2.75, 3.05) is 11.0 Å². The number of imide groups is 1. The molecule has 2 amide bonds. The van der Waals surface area contributed by atoms with Gasteiger partial charge in [0.2, 0.25) is 0 Å². The van der Waals surface area contributed by atoms with Crippen molar-refractivity contribution in [2.45, 2.75) is 38.3 Å². The largest absolute Gasteiger partial charge is 0.449 e. The van der Waals surface area contributed by atoms with E-state index in [2.05, 4.69) is 34.7 Å². The van der Waals surface area contributed by atoms with Crippen molar-refractivity contribution >= 4 is 34.8 Å². The first-order valence-corrected chi connectivity index (χ1v) is 8.94. The topological polar surface area (TPSA) is 55.8 Å². The molecule has 1 saturated heterocycles. The second-order valence-corrected chi connectivity index (χ2v) is 6.02. The van der Waals surface area contributed by atoms with Gasteiger partial charge < -0.3 is 9.47 Å². The van der Waals surface area contributed by atoms with E-state index in [0.29, 0.717) is 10.8 Å². The fraction of sp³-hybridized carbons (Fsp3) is 0.500. The Balaban J connectivity index is 1.95. The SMILES string of the molecule is CCOC(=O)N1C(=O)O[C@H](CCc2ccccc2)C[C@@H]1CI. The molecule has 1 aliphatic heterocycles. The average molecular weight is 417 g/mol. The number of ether oxygens (including phenoxy) is 2. The van der Waals surface area contributed by atoms with E-state index < -0.39 is 12.2 Å². The molecular formula is C16H20INO4. The van der Waals surface area contributed by atoms with E-state index in [9.17, 15) is 9.59 Å². The predicted molar refractivity (Wildman–Crippen MR) is 91.2 cm³/mol. The molecule has 0 N–H and O–H groups in total. The van der Waals surface area contributed by atoms with Crippen LogP contribution in [-0.2, 0) is 15.9 Å². The highest BCUT2D eigenvalue weighted by atomic mass is 127. The Hall–Kier alpha value is -1.31. The molecule has 0 aliphatic carbocycles. The van der Waals surface area contributed by atoms with Crippen molar-refractivity contribution in [3.63, 3.8) is 0 Å². The second kappa shape index (κ2) is 8.36. The van der Waals surface area contributed by atoms with Crippen LogP contribution in [0.1, 0.15) is 25.3 Å². The molecule has 1 aliphatic rings. The zero-order valence-corrected chi connectivity index (χ0v) is 14.7. The molecule has 0 unspecified atom stereocenters. The maximum atomic E-state index is 12.1. The van der Waals surface area contributed by atoms with Crippen LogP contribution in [0.25, 0.3) is 0 Å². The van der Waals surface area contributed by atoms with Crippen LogP contribution in [-0.4, -0.2) is 40.3 Å². The van der Waals surface area contributed by atoms with E-state index in [4.69, 9.17) is 9.47 Å². The fourth-order valence-electron chi connectivity index (χ4n) is 2.50. The van der Waals surface area contributed by atoms with E-state index in [0.717, 1.165) is 17.7 Å². The van der Waals surface area contributed by atoms with Gasteiger partial charge in [-0.1, -0.05) is 52.9 Å². The van der Waals surface area contributed by atoms with Crippen LogP contribution in [0.3, 0.4) is 0 Å². The number of cyclic esters (lactones) is 1. The summed E-state index contributed by atoms with van der Waals surface area (Å²) in [6.45, 7) is 1.96. The van der Waals surface area contributed by atoms with Crippen LogP contribution in [0.5, 0.6) is 0 Å². The molecule has 2 atom stereocenters. The zero-order valence-electron chi connectivity index (χ0n) is 12.5. The lowest BCUT2D eigenvalue weighted by Crippen LogP contribution is -2.52. The summed E-state index contributed by atoms with van der Waals surface area (Å²) >= 11 is 2.19. The Morgan fingerprint density at radius 1 is 1.41 bits per heavy atom. The van der Waals surface area contributed by atoms with Gasteiger partial charge in [0, 0.05) is 10.8 Å². The summed E-state index contributed by atoms with van der Waals surface area (Å²) in [5.74, 6) is 0. The minimum atomic E-state index is -0.615. The molecule has 0 radical (unpaired) electrons. The number of rotatable bonds is 5. The smallest absolute Gasteiger partial charge is 0.419 e. The normalized spacial score (nSPS) is 21.4. The number of benzene rings is 1. The summed E-state index contributed by atoms with van der Waals surface area (Å²) in [7, 11) is 0. The molecule has 5 nitrogen and oxygen atoms in total. The lowest BCUT2D eigenvalue weighted by molar-refractivity contribution is 0.000672. The summed E-state index contributed by atoms with van der Waals surface area (Å²) in [5.41, 5.74) is 1.22. The Bertz CT molecular complexity index is 508. The second-order valence-electron chi connectivity index (χ2n) is 5.14. The van der Waals surface area contributed by atoms with Gasteiger partial charge in [-0.25, -0.2) is 14.5 Å². The van der Waals surface area contributed by atoms with Gasteiger partial charge in [-0.15, -0.1) is 0 Å². The zero-order chi connectivity index (χ0) is 15.9. The van der Waals surface area contributed by atoms with E-state index >= 15 is 0 Å². The molecule has 1 aromatic rings. The summed E-state index contributed by atoms with van der Waals surface area (Å²) in [4.78, 5) is 25.1. The minimum Gasteiger partial charge on any atom is -0.449 e.